The Balaban J connectivity index is 1.36. The zero-order valence-electron chi connectivity index (χ0n) is 25.1. The van der Waals surface area contributed by atoms with Gasteiger partial charge in [0, 0.05) is 35.5 Å². The molecule has 222 valence electrons. The van der Waals surface area contributed by atoms with E-state index in [0.29, 0.717) is 35.3 Å². The molecule has 9 heteroatoms. The summed E-state index contributed by atoms with van der Waals surface area (Å²) >= 11 is 0. The van der Waals surface area contributed by atoms with Gasteiger partial charge in [-0.15, -0.1) is 0 Å². The molecule has 2 aromatic heterocycles. The van der Waals surface area contributed by atoms with Gasteiger partial charge in [-0.25, -0.2) is 4.68 Å². The van der Waals surface area contributed by atoms with Gasteiger partial charge in [0.2, 0.25) is 0 Å². The minimum atomic E-state index is -0.362. The zero-order valence-corrected chi connectivity index (χ0v) is 25.1. The molecule has 0 aliphatic carbocycles. The fraction of sp³-hybridized carbons (Fsp3) is 0.265. The van der Waals surface area contributed by atoms with E-state index in [9.17, 15) is 4.79 Å². The summed E-state index contributed by atoms with van der Waals surface area (Å²) < 4.78 is 24.0. The maximum absolute atomic E-state index is 13.1. The molecule has 0 atom stereocenters. The van der Waals surface area contributed by atoms with Crippen molar-refractivity contribution in [3.63, 3.8) is 0 Å². The minimum Gasteiger partial charge on any atom is -0.493 e. The van der Waals surface area contributed by atoms with Gasteiger partial charge in [-0.05, 0) is 73.4 Å². The topological polar surface area (TPSA) is 101 Å². The van der Waals surface area contributed by atoms with E-state index in [1.54, 1.807) is 32.4 Å². The Labute approximate surface area is 251 Å². The number of nitrogens with zero attached hydrogens (tertiary/aromatic N) is 3. The molecule has 0 aliphatic heterocycles. The number of para-hydroxylation sites is 1. The number of hydrogen-bond donors (Lipinski definition) is 1. The van der Waals surface area contributed by atoms with Gasteiger partial charge >= 0.3 is 0 Å². The minimum absolute atomic E-state index is 0.167. The van der Waals surface area contributed by atoms with Crippen molar-refractivity contribution in [2.45, 2.75) is 33.7 Å². The van der Waals surface area contributed by atoms with Crippen molar-refractivity contribution >= 4 is 5.91 Å². The first-order valence-electron chi connectivity index (χ1n) is 14.2. The Morgan fingerprint density at radius 3 is 2.40 bits per heavy atom. The lowest BCUT2D eigenvalue weighted by Crippen LogP contribution is -2.23. The maximum atomic E-state index is 13.1. The van der Waals surface area contributed by atoms with E-state index < -0.39 is 0 Å². The standard InChI is InChI=1S/C34H36N4O5/c1-22(2)15-16-42-29-13-12-25(17-23(29)3)33-26(21-38(36-33)27-9-7-6-8-10-27)20-35-34(39)28-19-31(43-37-28)24-11-14-30(40-4)32(18-24)41-5/h6-14,17-19,21-22H,15-16,20H2,1-5H3,(H,35,39). The van der Waals surface area contributed by atoms with Crippen molar-refractivity contribution in [3.05, 3.63) is 95.8 Å². The molecule has 1 N–H and O–H groups in total. The maximum Gasteiger partial charge on any atom is 0.273 e. The van der Waals surface area contributed by atoms with Crippen molar-refractivity contribution in [1.29, 1.82) is 0 Å². The summed E-state index contributed by atoms with van der Waals surface area (Å²) in [7, 11) is 3.13. The smallest absolute Gasteiger partial charge is 0.273 e. The van der Waals surface area contributed by atoms with Gasteiger partial charge in [-0.3, -0.25) is 4.79 Å². The Kier molecular flexibility index (Phi) is 9.10. The summed E-state index contributed by atoms with van der Waals surface area (Å²) in [6, 6.07) is 22.9. The van der Waals surface area contributed by atoms with Crippen LogP contribution in [-0.4, -0.2) is 41.7 Å². The van der Waals surface area contributed by atoms with Gasteiger partial charge in [0.25, 0.3) is 5.91 Å². The number of amides is 1. The van der Waals surface area contributed by atoms with Crippen LogP contribution in [0.5, 0.6) is 17.2 Å². The predicted octanol–water partition coefficient (Wildman–Crippen LogP) is 6.87. The van der Waals surface area contributed by atoms with Crippen LogP contribution in [0.1, 0.15) is 41.9 Å². The fourth-order valence-corrected chi connectivity index (χ4v) is 4.63. The highest BCUT2D eigenvalue weighted by molar-refractivity contribution is 5.93. The Morgan fingerprint density at radius 2 is 1.67 bits per heavy atom. The first kappa shape index (κ1) is 29.4. The van der Waals surface area contributed by atoms with Crippen LogP contribution < -0.4 is 19.5 Å². The summed E-state index contributed by atoms with van der Waals surface area (Å²) in [4.78, 5) is 13.1. The average molecular weight is 581 g/mol. The second-order valence-electron chi connectivity index (χ2n) is 10.6. The molecule has 3 aromatic carbocycles. The van der Waals surface area contributed by atoms with Gasteiger partial charge in [-0.2, -0.15) is 5.10 Å². The Morgan fingerprint density at radius 1 is 0.930 bits per heavy atom. The molecule has 1 amide bonds. The van der Waals surface area contributed by atoms with Crippen LogP contribution in [0.25, 0.3) is 28.3 Å². The SMILES string of the molecule is COc1ccc(-c2cc(C(=O)NCc3cn(-c4ccccc4)nc3-c3ccc(OCCC(C)C)c(C)c3)no2)cc1OC. The Hall–Kier alpha value is -5.05. The molecule has 43 heavy (non-hydrogen) atoms. The number of aromatic nitrogens is 3. The normalized spacial score (nSPS) is 11.0. The number of hydrogen-bond acceptors (Lipinski definition) is 7. The number of carbonyl (C=O) groups is 1. The molecule has 0 saturated heterocycles. The zero-order chi connectivity index (χ0) is 30.3. The van der Waals surface area contributed by atoms with Gasteiger partial charge in [0.15, 0.2) is 23.0 Å². The number of benzene rings is 3. The summed E-state index contributed by atoms with van der Waals surface area (Å²) in [5.41, 5.74) is 5.38. The predicted molar refractivity (Wildman–Crippen MR) is 165 cm³/mol. The van der Waals surface area contributed by atoms with Crippen LogP contribution in [0.15, 0.2) is 83.5 Å². The molecule has 5 rings (SSSR count). The number of rotatable bonds is 12. The molecular formula is C34H36N4O5. The number of methoxy groups -OCH3 is 2. The van der Waals surface area contributed by atoms with Crippen LogP contribution in [0.4, 0.5) is 0 Å². The lowest BCUT2D eigenvalue weighted by Gasteiger charge is -2.12. The van der Waals surface area contributed by atoms with Crippen LogP contribution in [0.3, 0.4) is 0 Å². The number of ether oxygens (including phenoxy) is 3. The molecule has 0 fully saturated rings. The highest BCUT2D eigenvalue weighted by Gasteiger charge is 2.18. The van der Waals surface area contributed by atoms with Gasteiger partial charge < -0.3 is 24.1 Å². The molecular weight excluding hydrogens is 544 g/mol. The summed E-state index contributed by atoms with van der Waals surface area (Å²) in [5.74, 6) is 2.66. The first-order valence-corrected chi connectivity index (χ1v) is 14.2. The van der Waals surface area contributed by atoms with Crippen molar-refractivity contribution in [3.8, 4) is 45.5 Å². The third kappa shape index (κ3) is 6.89. The summed E-state index contributed by atoms with van der Waals surface area (Å²) in [6.07, 6.45) is 2.93. The molecule has 9 nitrogen and oxygen atoms in total. The molecule has 0 saturated carbocycles. The van der Waals surface area contributed by atoms with Crippen LogP contribution in [-0.2, 0) is 6.54 Å². The van der Waals surface area contributed by atoms with Crippen molar-refractivity contribution in [2.75, 3.05) is 20.8 Å². The molecule has 0 radical (unpaired) electrons. The van der Waals surface area contributed by atoms with Crippen molar-refractivity contribution in [2.24, 2.45) is 5.92 Å². The molecule has 0 spiro atoms. The van der Waals surface area contributed by atoms with Gasteiger partial charge in [0.05, 0.1) is 32.2 Å². The van der Waals surface area contributed by atoms with Crippen LogP contribution in [0.2, 0.25) is 0 Å². The quantitative estimate of drug-likeness (QED) is 0.172. The molecule has 0 bridgehead atoms. The number of aryl methyl sites for hydroxylation is 1. The van der Waals surface area contributed by atoms with Crippen molar-refractivity contribution < 1.29 is 23.5 Å². The summed E-state index contributed by atoms with van der Waals surface area (Å²) in [5, 5.41) is 11.9. The lowest BCUT2D eigenvalue weighted by molar-refractivity contribution is 0.0942. The molecule has 0 unspecified atom stereocenters. The highest BCUT2D eigenvalue weighted by Crippen LogP contribution is 2.33. The van der Waals surface area contributed by atoms with E-state index in [1.807, 2.05) is 66.3 Å². The van der Waals surface area contributed by atoms with Crippen LogP contribution >= 0.6 is 0 Å². The first-order chi connectivity index (χ1) is 20.9. The number of carbonyl (C=O) groups excluding carboxylic acids is 1. The third-order valence-corrected chi connectivity index (χ3v) is 7.06. The third-order valence-electron chi connectivity index (χ3n) is 7.06. The average Bonchev–Trinajstić information content (AvgIpc) is 3.69. The second-order valence-corrected chi connectivity index (χ2v) is 10.6. The lowest BCUT2D eigenvalue weighted by atomic mass is 10.0. The van der Waals surface area contributed by atoms with Gasteiger partial charge in [0.1, 0.15) is 5.75 Å². The molecule has 2 heterocycles. The number of nitrogens with one attached hydrogen (secondary N) is 1. The summed E-state index contributed by atoms with van der Waals surface area (Å²) in [6.45, 7) is 7.31. The van der Waals surface area contributed by atoms with E-state index in [0.717, 1.165) is 40.2 Å². The van der Waals surface area contributed by atoms with E-state index >= 15 is 0 Å². The van der Waals surface area contributed by atoms with E-state index in [1.165, 1.54) is 0 Å². The fourth-order valence-electron chi connectivity index (χ4n) is 4.63. The van der Waals surface area contributed by atoms with Crippen LogP contribution in [0, 0.1) is 12.8 Å². The largest absolute Gasteiger partial charge is 0.493 e. The van der Waals surface area contributed by atoms with Crippen molar-refractivity contribution in [1.82, 2.24) is 20.3 Å². The Bertz CT molecular complexity index is 1690. The van der Waals surface area contributed by atoms with E-state index in [2.05, 4.69) is 30.4 Å². The van der Waals surface area contributed by atoms with E-state index in [-0.39, 0.29) is 18.1 Å². The second kappa shape index (κ2) is 13.3. The van der Waals surface area contributed by atoms with Gasteiger partial charge in [-0.1, -0.05) is 37.2 Å². The molecule has 5 aromatic rings. The molecule has 0 aliphatic rings. The monoisotopic (exact) mass is 580 g/mol. The highest BCUT2D eigenvalue weighted by atomic mass is 16.5. The van der Waals surface area contributed by atoms with E-state index in [4.69, 9.17) is 23.8 Å².